The number of rotatable bonds is 3. The summed E-state index contributed by atoms with van der Waals surface area (Å²) in [6.07, 6.45) is -2.89. The molecule has 0 aliphatic carbocycles. The number of hydrogen-bond acceptors (Lipinski definition) is 3. The third-order valence-electron chi connectivity index (χ3n) is 1.41. The smallest absolute Gasteiger partial charge is 0.330 e. The molecule has 13 heavy (non-hydrogen) atoms. The molecule has 1 aromatic rings. The first-order valence-electron chi connectivity index (χ1n) is 3.66. The number of nitrogens with zero attached hydrogens (tertiary/aromatic N) is 3. The van der Waals surface area contributed by atoms with Crippen LogP contribution in [0.25, 0.3) is 0 Å². The maximum atomic E-state index is 11.9. The number of aromatic nitrogens is 3. The van der Waals surface area contributed by atoms with Crippen molar-refractivity contribution in [2.45, 2.75) is 19.1 Å². The van der Waals surface area contributed by atoms with E-state index in [1.54, 1.807) is 0 Å². The molecule has 0 aliphatic rings. The summed E-state index contributed by atoms with van der Waals surface area (Å²) in [5, 5.41) is 6.91. The van der Waals surface area contributed by atoms with Crippen molar-refractivity contribution < 1.29 is 13.2 Å². The molecule has 1 aromatic heterocycles. The van der Waals surface area contributed by atoms with Crippen LogP contribution >= 0.6 is 0 Å². The third kappa shape index (κ3) is 3.02. The molecule has 1 heterocycles. The Morgan fingerprint density at radius 2 is 2.15 bits per heavy atom. The van der Waals surface area contributed by atoms with Crippen LogP contribution in [0.15, 0.2) is 6.33 Å². The highest BCUT2D eigenvalue weighted by Crippen LogP contribution is 2.17. The van der Waals surface area contributed by atoms with Gasteiger partial charge in [-0.1, -0.05) is 0 Å². The van der Waals surface area contributed by atoms with Gasteiger partial charge in [-0.25, -0.2) is 0 Å². The van der Waals surface area contributed by atoms with Gasteiger partial charge in [0.1, 0.15) is 18.7 Å². The van der Waals surface area contributed by atoms with Crippen molar-refractivity contribution in [2.24, 2.45) is 5.73 Å². The van der Waals surface area contributed by atoms with Crippen LogP contribution in [-0.4, -0.2) is 27.5 Å². The van der Waals surface area contributed by atoms with Crippen LogP contribution in [-0.2, 0) is 13.0 Å². The van der Waals surface area contributed by atoms with Gasteiger partial charge < -0.3 is 10.3 Å². The van der Waals surface area contributed by atoms with E-state index in [4.69, 9.17) is 5.73 Å². The second kappa shape index (κ2) is 3.73. The molecular formula is C6H9F3N4. The van der Waals surface area contributed by atoms with Crippen LogP contribution < -0.4 is 5.73 Å². The second-order valence-electron chi connectivity index (χ2n) is 2.53. The highest BCUT2D eigenvalue weighted by molar-refractivity contribution is 4.86. The maximum Gasteiger partial charge on any atom is 0.406 e. The van der Waals surface area contributed by atoms with Gasteiger partial charge in [-0.05, 0) is 6.54 Å². The fourth-order valence-electron chi connectivity index (χ4n) is 0.927. The van der Waals surface area contributed by atoms with Crippen molar-refractivity contribution in [3.8, 4) is 0 Å². The van der Waals surface area contributed by atoms with Crippen molar-refractivity contribution in [1.29, 1.82) is 0 Å². The lowest BCUT2D eigenvalue weighted by molar-refractivity contribution is -0.141. The van der Waals surface area contributed by atoms with Gasteiger partial charge in [-0.3, -0.25) is 0 Å². The Morgan fingerprint density at radius 3 is 2.69 bits per heavy atom. The number of alkyl halides is 3. The van der Waals surface area contributed by atoms with Gasteiger partial charge in [-0.2, -0.15) is 13.2 Å². The lowest BCUT2D eigenvalue weighted by atomic mass is 10.4. The minimum absolute atomic E-state index is 0.260. The van der Waals surface area contributed by atoms with Crippen molar-refractivity contribution >= 4 is 0 Å². The predicted octanol–water partition coefficient (Wildman–Crippen LogP) is 0.342. The highest BCUT2D eigenvalue weighted by atomic mass is 19.4. The Hall–Kier alpha value is -1.11. The maximum absolute atomic E-state index is 11.9. The first-order chi connectivity index (χ1) is 6.03. The van der Waals surface area contributed by atoms with E-state index >= 15 is 0 Å². The number of halogens is 3. The second-order valence-corrected chi connectivity index (χ2v) is 2.53. The standard InChI is InChI=1S/C6H9F3N4/c7-6(8,9)3-13-4-11-12-5(13)1-2-10/h4H,1-3,10H2. The Balaban J connectivity index is 2.70. The van der Waals surface area contributed by atoms with E-state index in [1.807, 2.05) is 0 Å². The summed E-state index contributed by atoms with van der Waals surface area (Å²) in [6.45, 7) is -0.800. The van der Waals surface area contributed by atoms with Gasteiger partial charge in [0.15, 0.2) is 0 Å². The molecular weight excluding hydrogens is 185 g/mol. The van der Waals surface area contributed by atoms with Crippen molar-refractivity contribution in [3.05, 3.63) is 12.2 Å². The molecule has 0 fully saturated rings. The van der Waals surface area contributed by atoms with E-state index in [0.29, 0.717) is 6.42 Å². The van der Waals surface area contributed by atoms with E-state index in [-0.39, 0.29) is 12.4 Å². The van der Waals surface area contributed by atoms with Crippen LogP contribution in [0.1, 0.15) is 5.82 Å². The molecule has 0 saturated heterocycles. The fourth-order valence-corrected chi connectivity index (χ4v) is 0.927. The summed E-state index contributed by atoms with van der Waals surface area (Å²) in [5.41, 5.74) is 5.19. The minimum atomic E-state index is -4.24. The fraction of sp³-hybridized carbons (Fsp3) is 0.667. The van der Waals surface area contributed by atoms with Gasteiger partial charge in [0.25, 0.3) is 0 Å². The molecule has 0 radical (unpaired) electrons. The van der Waals surface area contributed by atoms with Crippen molar-refractivity contribution in [1.82, 2.24) is 14.8 Å². The van der Waals surface area contributed by atoms with Crippen LogP contribution in [0, 0.1) is 0 Å². The summed E-state index contributed by atoms with van der Waals surface area (Å²) in [7, 11) is 0. The predicted molar refractivity (Wildman–Crippen MR) is 38.8 cm³/mol. The highest BCUT2D eigenvalue weighted by Gasteiger charge is 2.28. The molecule has 7 heteroatoms. The monoisotopic (exact) mass is 194 g/mol. The molecule has 4 nitrogen and oxygen atoms in total. The molecule has 0 atom stereocenters. The molecule has 74 valence electrons. The van der Waals surface area contributed by atoms with E-state index in [2.05, 4.69) is 10.2 Å². The van der Waals surface area contributed by atoms with Gasteiger partial charge in [0.05, 0.1) is 0 Å². The summed E-state index contributed by atoms with van der Waals surface area (Å²) >= 11 is 0. The number of hydrogen-bond donors (Lipinski definition) is 1. The van der Waals surface area contributed by atoms with E-state index < -0.39 is 12.7 Å². The van der Waals surface area contributed by atoms with E-state index in [9.17, 15) is 13.2 Å². The molecule has 0 unspecified atom stereocenters. The van der Waals surface area contributed by atoms with E-state index in [1.165, 1.54) is 0 Å². The van der Waals surface area contributed by atoms with Crippen molar-refractivity contribution in [3.63, 3.8) is 0 Å². The number of nitrogens with two attached hydrogens (primary N) is 1. The van der Waals surface area contributed by atoms with Crippen LogP contribution in [0.5, 0.6) is 0 Å². The molecule has 0 spiro atoms. The summed E-state index contributed by atoms with van der Waals surface area (Å²) in [4.78, 5) is 0. The van der Waals surface area contributed by atoms with Gasteiger partial charge in [-0.15, -0.1) is 10.2 Å². The third-order valence-corrected chi connectivity index (χ3v) is 1.41. The van der Waals surface area contributed by atoms with E-state index in [0.717, 1.165) is 10.9 Å². The Bertz CT molecular complexity index is 267. The SMILES string of the molecule is NCCc1nncn1CC(F)(F)F. The largest absolute Gasteiger partial charge is 0.406 e. The molecule has 0 saturated carbocycles. The lowest BCUT2D eigenvalue weighted by Crippen LogP contribution is -2.20. The topological polar surface area (TPSA) is 56.7 Å². The van der Waals surface area contributed by atoms with Crippen molar-refractivity contribution in [2.75, 3.05) is 6.54 Å². The quantitative estimate of drug-likeness (QED) is 0.754. The molecule has 0 bridgehead atoms. The summed E-state index contributed by atoms with van der Waals surface area (Å²) in [5.74, 6) is 0.264. The van der Waals surface area contributed by atoms with Crippen LogP contribution in [0.3, 0.4) is 0 Å². The van der Waals surface area contributed by atoms with Gasteiger partial charge >= 0.3 is 6.18 Å². The zero-order valence-electron chi connectivity index (χ0n) is 6.75. The lowest BCUT2D eigenvalue weighted by Gasteiger charge is -2.08. The molecule has 2 N–H and O–H groups in total. The average molecular weight is 194 g/mol. The summed E-state index contributed by atoms with van der Waals surface area (Å²) in [6, 6.07) is 0. The van der Waals surface area contributed by atoms with Gasteiger partial charge in [0, 0.05) is 6.42 Å². The molecule has 0 amide bonds. The van der Waals surface area contributed by atoms with Crippen LogP contribution in [0.4, 0.5) is 13.2 Å². The molecule has 0 aliphatic heterocycles. The zero-order valence-corrected chi connectivity index (χ0v) is 6.75. The molecule has 1 rings (SSSR count). The molecule has 0 aromatic carbocycles. The summed E-state index contributed by atoms with van der Waals surface area (Å²) < 4.78 is 36.7. The first-order valence-corrected chi connectivity index (χ1v) is 3.66. The average Bonchev–Trinajstić information content (AvgIpc) is 2.34. The van der Waals surface area contributed by atoms with Gasteiger partial charge in [0.2, 0.25) is 0 Å². The minimum Gasteiger partial charge on any atom is -0.330 e. The first kappa shape index (κ1) is 9.97. The Morgan fingerprint density at radius 1 is 1.46 bits per heavy atom. The zero-order chi connectivity index (χ0) is 9.90. The Kier molecular flexibility index (Phi) is 2.86. The van der Waals surface area contributed by atoms with Crippen LogP contribution in [0.2, 0.25) is 0 Å². The Labute approximate surface area is 72.6 Å². The normalized spacial score (nSPS) is 12.0.